The molecule has 1 saturated carbocycles. The molecule has 1 rings (SSSR count). The van der Waals surface area contributed by atoms with Gasteiger partial charge in [-0.1, -0.05) is 0 Å². The van der Waals surface area contributed by atoms with Crippen LogP contribution in [0.2, 0.25) is 0 Å². The Balaban J connectivity index is 2.13. The molecule has 1 aliphatic carbocycles. The summed E-state index contributed by atoms with van der Waals surface area (Å²) in [6, 6.07) is 0. The average molecular weight is 149 g/mol. The summed E-state index contributed by atoms with van der Waals surface area (Å²) < 4.78 is 0. The number of hydrogen-bond acceptors (Lipinski definition) is 5. The van der Waals surface area contributed by atoms with Crippen LogP contribution in [0.5, 0.6) is 0 Å². The topological polar surface area (TPSA) is 73.2 Å². The first-order valence-electron chi connectivity index (χ1n) is 3.10. The quantitative estimate of drug-likeness (QED) is 0.481. The minimum Gasteiger partial charge on any atom is -0.396 e. The van der Waals surface area contributed by atoms with Gasteiger partial charge in [0, 0.05) is 5.41 Å². The van der Waals surface area contributed by atoms with Crippen molar-refractivity contribution in [2.45, 2.75) is 12.8 Å². The smallest absolute Gasteiger partial charge is 0.0814 e. The number of nitrogens with zero attached hydrogens (tertiary/aromatic N) is 1. The molecule has 0 radical (unpaired) electrons. The van der Waals surface area contributed by atoms with Crippen molar-refractivity contribution < 1.29 is 20.4 Å². The van der Waals surface area contributed by atoms with Gasteiger partial charge in [0.25, 0.3) is 0 Å². The standard InChI is InChI=1S/C5H11NO4/c7-3-5(1-2-5)4-10-6(8)9/h7-9H,1-4H2. The molecular weight excluding hydrogens is 138 g/mol. The first kappa shape index (κ1) is 7.90. The van der Waals surface area contributed by atoms with Crippen LogP contribution in [-0.4, -0.2) is 34.1 Å². The Labute approximate surface area is 58.3 Å². The van der Waals surface area contributed by atoms with Gasteiger partial charge in [0.05, 0.1) is 18.6 Å². The second kappa shape index (κ2) is 2.81. The Morgan fingerprint density at radius 2 is 2.00 bits per heavy atom. The van der Waals surface area contributed by atoms with E-state index in [1.165, 1.54) is 0 Å². The molecule has 0 amide bonds. The van der Waals surface area contributed by atoms with Gasteiger partial charge >= 0.3 is 0 Å². The number of aliphatic hydroxyl groups is 1. The van der Waals surface area contributed by atoms with Crippen molar-refractivity contribution in [2.75, 3.05) is 13.2 Å². The Morgan fingerprint density at radius 1 is 1.40 bits per heavy atom. The number of aliphatic hydroxyl groups excluding tert-OH is 1. The van der Waals surface area contributed by atoms with E-state index in [-0.39, 0.29) is 24.0 Å². The maximum Gasteiger partial charge on any atom is 0.0814 e. The summed E-state index contributed by atoms with van der Waals surface area (Å²) in [5.74, 6) is 0. The Kier molecular flexibility index (Phi) is 2.22. The molecule has 0 aromatic carbocycles. The van der Waals surface area contributed by atoms with E-state index in [1.807, 2.05) is 0 Å². The minimum absolute atomic E-state index is 0.0425. The van der Waals surface area contributed by atoms with E-state index in [0.29, 0.717) is 0 Å². The predicted octanol–water partition coefficient (Wildman–Crippen LogP) is -0.229. The lowest BCUT2D eigenvalue weighted by Gasteiger charge is -2.12. The lowest BCUT2D eigenvalue weighted by atomic mass is 10.1. The van der Waals surface area contributed by atoms with Crippen molar-refractivity contribution in [3.05, 3.63) is 0 Å². The molecule has 0 unspecified atom stereocenters. The third kappa shape index (κ3) is 1.89. The molecule has 0 bridgehead atoms. The van der Waals surface area contributed by atoms with Crippen LogP contribution in [0.25, 0.3) is 0 Å². The van der Waals surface area contributed by atoms with Crippen molar-refractivity contribution in [3.63, 3.8) is 0 Å². The van der Waals surface area contributed by atoms with Crippen LogP contribution in [0.4, 0.5) is 0 Å². The highest BCUT2D eigenvalue weighted by Gasteiger charge is 2.42. The lowest BCUT2D eigenvalue weighted by Crippen LogP contribution is -2.22. The van der Waals surface area contributed by atoms with Crippen molar-refractivity contribution in [2.24, 2.45) is 5.41 Å². The monoisotopic (exact) mass is 149 g/mol. The van der Waals surface area contributed by atoms with Crippen LogP contribution in [0, 0.1) is 5.41 Å². The van der Waals surface area contributed by atoms with Gasteiger partial charge in [-0.05, 0) is 12.8 Å². The van der Waals surface area contributed by atoms with E-state index in [4.69, 9.17) is 15.5 Å². The van der Waals surface area contributed by atoms with Crippen LogP contribution in [0.1, 0.15) is 12.8 Å². The Morgan fingerprint density at radius 3 is 2.30 bits per heavy atom. The fraction of sp³-hybridized carbons (Fsp3) is 1.00. The van der Waals surface area contributed by atoms with E-state index >= 15 is 0 Å². The van der Waals surface area contributed by atoms with Crippen LogP contribution < -0.4 is 0 Å². The maximum absolute atomic E-state index is 8.71. The molecule has 0 aromatic rings. The van der Waals surface area contributed by atoms with Gasteiger partial charge in [-0.2, -0.15) is 0 Å². The number of rotatable bonds is 4. The van der Waals surface area contributed by atoms with E-state index in [1.54, 1.807) is 0 Å². The summed E-state index contributed by atoms with van der Waals surface area (Å²) in [5, 5.41) is 24.6. The zero-order valence-corrected chi connectivity index (χ0v) is 5.53. The van der Waals surface area contributed by atoms with Gasteiger partial charge in [0.1, 0.15) is 0 Å². The molecule has 1 aliphatic rings. The molecule has 5 nitrogen and oxygen atoms in total. The maximum atomic E-state index is 8.71. The first-order valence-corrected chi connectivity index (χ1v) is 3.10. The van der Waals surface area contributed by atoms with E-state index < -0.39 is 0 Å². The summed E-state index contributed by atoms with van der Waals surface area (Å²) in [6.45, 7) is 0.206. The lowest BCUT2D eigenvalue weighted by molar-refractivity contribution is -0.495. The van der Waals surface area contributed by atoms with E-state index in [0.717, 1.165) is 12.8 Å². The van der Waals surface area contributed by atoms with E-state index in [9.17, 15) is 0 Å². The molecule has 10 heavy (non-hydrogen) atoms. The molecule has 60 valence electrons. The van der Waals surface area contributed by atoms with Crippen molar-refractivity contribution in [1.29, 1.82) is 0 Å². The van der Waals surface area contributed by atoms with Crippen LogP contribution in [-0.2, 0) is 4.84 Å². The van der Waals surface area contributed by atoms with Crippen LogP contribution in [0.15, 0.2) is 0 Å². The summed E-state index contributed by atoms with van der Waals surface area (Å²) >= 11 is 0. The van der Waals surface area contributed by atoms with Crippen LogP contribution in [0.3, 0.4) is 0 Å². The van der Waals surface area contributed by atoms with E-state index in [2.05, 4.69) is 4.84 Å². The summed E-state index contributed by atoms with van der Waals surface area (Å²) in [4.78, 5) is 4.34. The Hall–Kier alpha value is -0.200. The fourth-order valence-corrected chi connectivity index (χ4v) is 0.720. The van der Waals surface area contributed by atoms with Gasteiger partial charge in [0.15, 0.2) is 0 Å². The minimum atomic E-state index is -0.324. The third-order valence-corrected chi connectivity index (χ3v) is 1.78. The molecule has 0 aliphatic heterocycles. The Bertz CT molecular complexity index is 112. The zero-order chi connectivity index (χ0) is 7.61. The summed E-state index contributed by atoms with van der Waals surface area (Å²) in [6.07, 6.45) is 1.77. The van der Waals surface area contributed by atoms with Crippen LogP contribution >= 0.6 is 0 Å². The highest BCUT2D eigenvalue weighted by Crippen LogP contribution is 2.45. The molecule has 1 fully saturated rings. The second-order valence-electron chi connectivity index (χ2n) is 2.68. The van der Waals surface area contributed by atoms with Crippen molar-refractivity contribution in [3.8, 4) is 0 Å². The van der Waals surface area contributed by atoms with Gasteiger partial charge < -0.3 is 5.11 Å². The molecule has 0 heterocycles. The summed E-state index contributed by atoms with van der Waals surface area (Å²) in [7, 11) is 0. The largest absolute Gasteiger partial charge is 0.396 e. The highest BCUT2D eigenvalue weighted by molar-refractivity contribution is 4.91. The molecule has 0 spiro atoms. The first-order chi connectivity index (χ1) is 4.68. The predicted molar refractivity (Wildman–Crippen MR) is 30.1 cm³/mol. The van der Waals surface area contributed by atoms with Gasteiger partial charge in [-0.25, -0.2) is 0 Å². The fourth-order valence-electron chi connectivity index (χ4n) is 0.720. The van der Waals surface area contributed by atoms with Crippen molar-refractivity contribution in [1.82, 2.24) is 5.39 Å². The summed E-state index contributed by atoms with van der Waals surface area (Å²) in [5.41, 5.74) is -0.205. The van der Waals surface area contributed by atoms with Gasteiger partial charge in [-0.15, -0.1) is 0 Å². The second-order valence-corrected chi connectivity index (χ2v) is 2.68. The molecule has 5 heteroatoms. The van der Waals surface area contributed by atoms with Gasteiger partial charge in [-0.3, -0.25) is 15.3 Å². The SMILES string of the molecule is OCC1(CON(O)O)CC1. The normalized spacial score (nSPS) is 21.6. The average Bonchev–Trinajstić information content (AvgIpc) is 2.64. The number of hydrogen-bond donors (Lipinski definition) is 3. The molecule has 0 aromatic heterocycles. The molecule has 0 atom stereocenters. The molecule has 3 N–H and O–H groups in total. The third-order valence-electron chi connectivity index (χ3n) is 1.78. The van der Waals surface area contributed by atoms with Gasteiger partial charge in [0.2, 0.25) is 0 Å². The molecular formula is C5H11NO4. The zero-order valence-electron chi connectivity index (χ0n) is 5.53. The highest BCUT2D eigenvalue weighted by atomic mass is 17.1. The van der Waals surface area contributed by atoms with Crippen molar-refractivity contribution >= 4 is 0 Å². The molecule has 0 saturated heterocycles.